The fourth-order valence-electron chi connectivity index (χ4n) is 1.14. The molecule has 0 fully saturated rings. The van der Waals surface area contributed by atoms with E-state index in [2.05, 4.69) is 15.3 Å². The molecular formula is C10H10N4S2. The van der Waals surface area contributed by atoms with Crippen molar-refractivity contribution in [3.8, 4) is 0 Å². The highest BCUT2D eigenvalue weighted by Gasteiger charge is 2.01. The van der Waals surface area contributed by atoms with Gasteiger partial charge in [-0.05, 0) is 19.1 Å². The summed E-state index contributed by atoms with van der Waals surface area (Å²) in [5.74, 6) is 0.731. The molecule has 2 aromatic heterocycles. The molecule has 0 bridgehead atoms. The van der Waals surface area contributed by atoms with Gasteiger partial charge < -0.3 is 11.1 Å². The van der Waals surface area contributed by atoms with E-state index in [1.165, 1.54) is 0 Å². The smallest absolute Gasteiger partial charge is 0.188 e. The monoisotopic (exact) mass is 250 g/mol. The predicted molar refractivity (Wildman–Crippen MR) is 70.3 cm³/mol. The number of rotatable bonds is 3. The van der Waals surface area contributed by atoms with E-state index in [1.54, 1.807) is 17.5 Å². The average Bonchev–Trinajstić information content (AvgIpc) is 2.65. The van der Waals surface area contributed by atoms with Crippen LogP contribution >= 0.6 is 23.6 Å². The zero-order valence-electron chi connectivity index (χ0n) is 8.60. The number of hydrogen-bond donors (Lipinski definition) is 2. The summed E-state index contributed by atoms with van der Waals surface area (Å²) < 4.78 is 0. The number of pyridine rings is 1. The third-order valence-electron chi connectivity index (χ3n) is 1.90. The van der Waals surface area contributed by atoms with Gasteiger partial charge in [0.1, 0.15) is 10.8 Å². The lowest BCUT2D eigenvalue weighted by Crippen LogP contribution is -2.09. The molecule has 2 rings (SSSR count). The van der Waals surface area contributed by atoms with Crippen LogP contribution in [0.25, 0.3) is 0 Å². The largest absolute Gasteiger partial charge is 0.389 e. The van der Waals surface area contributed by atoms with Gasteiger partial charge in [0.15, 0.2) is 5.13 Å². The minimum Gasteiger partial charge on any atom is -0.389 e. The summed E-state index contributed by atoms with van der Waals surface area (Å²) in [4.78, 5) is 9.88. The van der Waals surface area contributed by atoms with Crippen LogP contribution in [0.5, 0.6) is 0 Å². The van der Waals surface area contributed by atoms with Gasteiger partial charge >= 0.3 is 0 Å². The summed E-state index contributed by atoms with van der Waals surface area (Å²) in [5.41, 5.74) is 6.24. The van der Waals surface area contributed by atoms with Crippen molar-refractivity contribution >= 4 is 39.5 Å². The second kappa shape index (κ2) is 4.54. The molecule has 0 atom stereocenters. The fourth-order valence-corrected chi connectivity index (χ4v) is 1.93. The predicted octanol–water partition coefficient (Wildman–Crippen LogP) is 2.22. The number of hydrogen-bond acceptors (Lipinski definition) is 5. The molecule has 16 heavy (non-hydrogen) atoms. The molecule has 0 aromatic carbocycles. The lowest BCUT2D eigenvalue weighted by molar-refractivity contribution is 1.28. The Kier molecular flexibility index (Phi) is 3.12. The summed E-state index contributed by atoms with van der Waals surface area (Å²) in [6.07, 6.45) is 3.46. The van der Waals surface area contributed by atoms with E-state index in [4.69, 9.17) is 18.0 Å². The molecule has 6 heteroatoms. The second-order valence-corrected chi connectivity index (χ2v) is 4.87. The van der Waals surface area contributed by atoms with Crippen molar-refractivity contribution < 1.29 is 0 Å². The topological polar surface area (TPSA) is 63.8 Å². The van der Waals surface area contributed by atoms with Gasteiger partial charge in [-0.25, -0.2) is 9.97 Å². The Labute approximate surface area is 103 Å². The number of nitrogens with two attached hydrogens (primary N) is 1. The number of aryl methyl sites for hydroxylation is 1. The van der Waals surface area contributed by atoms with Crippen molar-refractivity contribution in [3.63, 3.8) is 0 Å². The first kappa shape index (κ1) is 11.0. The van der Waals surface area contributed by atoms with Crippen molar-refractivity contribution in [2.24, 2.45) is 5.73 Å². The molecule has 0 aliphatic heterocycles. The molecule has 82 valence electrons. The van der Waals surface area contributed by atoms with Gasteiger partial charge in [-0.3, -0.25) is 0 Å². The molecule has 0 amide bonds. The Morgan fingerprint density at radius 2 is 2.19 bits per heavy atom. The maximum Gasteiger partial charge on any atom is 0.188 e. The van der Waals surface area contributed by atoms with Crippen LogP contribution in [0.2, 0.25) is 0 Å². The molecule has 0 saturated carbocycles. The van der Waals surface area contributed by atoms with Crippen molar-refractivity contribution in [1.82, 2.24) is 9.97 Å². The van der Waals surface area contributed by atoms with Crippen LogP contribution in [0.3, 0.4) is 0 Å². The number of thiocarbonyl (C=S) groups is 1. The Balaban J connectivity index is 2.14. The maximum absolute atomic E-state index is 5.48. The summed E-state index contributed by atoms with van der Waals surface area (Å²) >= 11 is 6.43. The highest BCUT2D eigenvalue weighted by atomic mass is 32.1. The Morgan fingerprint density at radius 3 is 2.69 bits per heavy atom. The van der Waals surface area contributed by atoms with Crippen molar-refractivity contribution in [1.29, 1.82) is 0 Å². The van der Waals surface area contributed by atoms with Crippen molar-refractivity contribution in [3.05, 3.63) is 35.0 Å². The Hall–Kier alpha value is -1.53. The lowest BCUT2D eigenvalue weighted by Gasteiger charge is -2.02. The zero-order chi connectivity index (χ0) is 11.5. The highest BCUT2D eigenvalue weighted by molar-refractivity contribution is 7.80. The third-order valence-corrected chi connectivity index (χ3v) is 2.97. The van der Waals surface area contributed by atoms with E-state index in [0.29, 0.717) is 4.99 Å². The van der Waals surface area contributed by atoms with Crippen LogP contribution in [0.1, 0.15) is 10.4 Å². The van der Waals surface area contributed by atoms with Crippen LogP contribution in [0.15, 0.2) is 24.5 Å². The van der Waals surface area contributed by atoms with Crippen LogP contribution in [0, 0.1) is 6.92 Å². The Bertz CT molecular complexity index is 504. The molecule has 0 aliphatic carbocycles. The first-order valence-electron chi connectivity index (χ1n) is 4.60. The first-order chi connectivity index (χ1) is 7.65. The van der Waals surface area contributed by atoms with Gasteiger partial charge in [-0.15, -0.1) is 11.3 Å². The summed E-state index contributed by atoms with van der Waals surface area (Å²) in [6.45, 7) is 2.01. The minimum absolute atomic E-state index is 0.351. The summed E-state index contributed by atoms with van der Waals surface area (Å²) in [6, 6.07) is 3.66. The minimum atomic E-state index is 0.351. The number of aromatic nitrogens is 2. The van der Waals surface area contributed by atoms with E-state index < -0.39 is 0 Å². The molecule has 0 aliphatic rings. The molecule has 0 saturated heterocycles. The van der Waals surface area contributed by atoms with E-state index in [9.17, 15) is 0 Å². The van der Waals surface area contributed by atoms with Crippen LogP contribution in [-0.4, -0.2) is 15.0 Å². The van der Waals surface area contributed by atoms with E-state index >= 15 is 0 Å². The molecule has 2 heterocycles. The van der Waals surface area contributed by atoms with Gasteiger partial charge in [-0.2, -0.15) is 0 Å². The second-order valence-electron chi connectivity index (χ2n) is 3.20. The standard InChI is InChI=1S/C10H10N4S2/c1-6-4-13-10(16-6)14-8-3-2-7(5-12-8)9(11)15/h2-5H,1H3,(H2,11,15)(H,12,13,14). The third kappa shape index (κ3) is 2.53. The van der Waals surface area contributed by atoms with Gasteiger partial charge in [0.2, 0.25) is 0 Å². The molecule has 2 aromatic rings. The highest BCUT2D eigenvalue weighted by Crippen LogP contribution is 2.20. The van der Waals surface area contributed by atoms with Gasteiger partial charge in [-0.1, -0.05) is 12.2 Å². The Morgan fingerprint density at radius 1 is 1.38 bits per heavy atom. The van der Waals surface area contributed by atoms with E-state index in [0.717, 1.165) is 21.4 Å². The van der Waals surface area contributed by atoms with Crippen LogP contribution < -0.4 is 11.1 Å². The maximum atomic E-state index is 5.48. The first-order valence-corrected chi connectivity index (χ1v) is 5.83. The van der Waals surface area contributed by atoms with Gasteiger partial charge in [0, 0.05) is 22.8 Å². The van der Waals surface area contributed by atoms with Crippen molar-refractivity contribution in [2.75, 3.05) is 5.32 Å². The van der Waals surface area contributed by atoms with Crippen molar-refractivity contribution in [2.45, 2.75) is 6.92 Å². The van der Waals surface area contributed by atoms with Crippen LogP contribution in [-0.2, 0) is 0 Å². The van der Waals surface area contributed by atoms with E-state index in [-0.39, 0.29) is 0 Å². The van der Waals surface area contributed by atoms with Gasteiger partial charge in [0.05, 0.1) is 0 Å². The number of nitrogens with one attached hydrogen (secondary N) is 1. The molecule has 0 spiro atoms. The lowest BCUT2D eigenvalue weighted by atomic mass is 10.3. The SMILES string of the molecule is Cc1cnc(Nc2ccc(C(N)=S)cn2)s1. The molecule has 0 unspecified atom stereocenters. The normalized spacial score (nSPS) is 10.1. The molecule has 4 nitrogen and oxygen atoms in total. The van der Waals surface area contributed by atoms with E-state index in [1.807, 2.05) is 25.3 Å². The molecule has 0 radical (unpaired) electrons. The molecular weight excluding hydrogens is 240 g/mol. The fraction of sp³-hybridized carbons (Fsp3) is 0.100. The average molecular weight is 250 g/mol. The summed E-state index contributed by atoms with van der Waals surface area (Å²) in [5, 5.41) is 3.93. The number of nitrogens with zero attached hydrogens (tertiary/aromatic N) is 2. The summed E-state index contributed by atoms with van der Waals surface area (Å²) in [7, 11) is 0. The zero-order valence-corrected chi connectivity index (χ0v) is 10.2. The molecule has 3 N–H and O–H groups in total. The van der Waals surface area contributed by atoms with Gasteiger partial charge in [0.25, 0.3) is 0 Å². The number of anilines is 2. The van der Waals surface area contributed by atoms with Crippen LogP contribution in [0.4, 0.5) is 10.9 Å². The quantitative estimate of drug-likeness (QED) is 0.818. The number of thiazole rings is 1.